The molecule has 152 valence electrons. The van der Waals surface area contributed by atoms with Crippen LogP contribution in [0.1, 0.15) is 21.5 Å². The Morgan fingerprint density at radius 3 is 2.43 bits per heavy atom. The lowest BCUT2D eigenvalue weighted by Crippen LogP contribution is -2.30. The number of nitrogens with zero attached hydrogens (tertiary/aromatic N) is 1. The molecule has 0 bridgehead atoms. The highest BCUT2D eigenvalue weighted by atomic mass is 32.2. The third kappa shape index (κ3) is 5.90. The molecule has 0 atom stereocenters. The Hall–Kier alpha value is -2.70. The van der Waals surface area contributed by atoms with E-state index >= 15 is 0 Å². The first-order valence-electron chi connectivity index (χ1n) is 9.71. The Morgan fingerprint density at radius 1 is 1.03 bits per heavy atom. The minimum Gasteiger partial charge on any atom is -0.489 e. The van der Waals surface area contributed by atoms with Crippen molar-refractivity contribution >= 4 is 35.6 Å². The Balaban J connectivity index is 1.25. The number of hydrogen-bond acceptors (Lipinski definition) is 5. The number of nitrogens with one attached hydrogen (secondary N) is 1. The van der Waals surface area contributed by atoms with E-state index in [2.05, 4.69) is 22.7 Å². The van der Waals surface area contributed by atoms with Gasteiger partial charge in [-0.1, -0.05) is 30.3 Å². The van der Waals surface area contributed by atoms with Gasteiger partial charge in [0.2, 0.25) is 0 Å². The van der Waals surface area contributed by atoms with Gasteiger partial charge >= 0.3 is 0 Å². The van der Waals surface area contributed by atoms with Gasteiger partial charge in [-0.05, 0) is 59.7 Å². The molecular weight excluding hydrogens is 412 g/mol. The van der Waals surface area contributed by atoms with Crippen molar-refractivity contribution in [2.45, 2.75) is 16.8 Å². The summed E-state index contributed by atoms with van der Waals surface area (Å²) in [7, 11) is 0. The van der Waals surface area contributed by atoms with E-state index in [-0.39, 0.29) is 5.91 Å². The molecule has 3 aromatic rings. The van der Waals surface area contributed by atoms with Crippen LogP contribution >= 0.6 is 23.5 Å². The largest absolute Gasteiger partial charge is 0.489 e. The number of benzene rings is 3. The fourth-order valence-corrected chi connectivity index (χ4v) is 4.21. The van der Waals surface area contributed by atoms with Crippen LogP contribution in [0.25, 0.3) is 0 Å². The van der Waals surface area contributed by atoms with Crippen LogP contribution in [0.5, 0.6) is 5.75 Å². The Labute approximate surface area is 185 Å². The second-order valence-corrected chi connectivity index (χ2v) is 8.97. The molecule has 1 aliphatic rings. The summed E-state index contributed by atoms with van der Waals surface area (Å²) >= 11 is 3.67. The quantitative estimate of drug-likeness (QED) is 0.299. The number of thioether (sulfide) groups is 2. The summed E-state index contributed by atoms with van der Waals surface area (Å²) in [5, 5.41) is 4.06. The molecule has 0 aromatic heterocycles. The van der Waals surface area contributed by atoms with Gasteiger partial charge in [-0.2, -0.15) is 16.9 Å². The van der Waals surface area contributed by atoms with Crippen molar-refractivity contribution in [3.8, 4) is 5.75 Å². The molecule has 1 heterocycles. The Morgan fingerprint density at radius 2 is 1.77 bits per heavy atom. The molecule has 1 N–H and O–H groups in total. The van der Waals surface area contributed by atoms with Crippen molar-refractivity contribution in [1.29, 1.82) is 0 Å². The molecule has 30 heavy (non-hydrogen) atoms. The molecule has 0 saturated carbocycles. The van der Waals surface area contributed by atoms with Gasteiger partial charge in [-0.25, -0.2) is 5.43 Å². The lowest BCUT2D eigenvalue weighted by Gasteiger charge is -2.25. The van der Waals surface area contributed by atoms with Gasteiger partial charge in [0.15, 0.2) is 0 Å². The summed E-state index contributed by atoms with van der Waals surface area (Å²) in [6, 6.07) is 25.6. The molecule has 1 aliphatic heterocycles. The molecule has 1 saturated heterocycles. The minimum atomic E-state index is -0.226. The molecule has 0 radical (unpaired) electrons. The molecule has 0 spiro atoms. The summed E-state index contributed by atoms with van der Waals surface area (Å²) < 4.78 is 5.82. The summed E-state index contributed by atoms with van der Waals surface area (Å²) in [6.45, 7) is 0. The van der Waals surface area contributed by atoms with E-state index in [1.165, 1.54) is 10.5 Å². The molecule has 0 unspecified atom stereocenters. The van der Waals surface area contributed by atoms with Crippen molar-refractivity contribution < 1.29 is 9.53 Å². The van der Waals surface area contributed by atoms with E-state index < -0.39 is 0 Å². The highest BCUT2D eigenvalue weighted by molar-refractivity contribution is 8.00. The number of carbonyl (C=O) groups excluding carboxylic acids is 1. The van der Waals surface area contributed by atoms with Crippen molar-refractivity contribution in [2.24, 2.45) is 5.10 Å². The molecule has 6 heteroatoms. The molecular formula is C24H22N2O2S2. The monoisotopic (exact) mass is 434 g/mol. The zero-order valence-corrected chi connectivity index (χ0v) is 18.0. The summed E-state index contributed by atoms with van der Waals surface area (Å²) in [5.74, 6) is 3.62. The number of ether oxygens (including phenoxy) is 1. The van der Waals surface area contributed by atoms with Crippen LogP contribution in [0.2, 0.25) is 0 Å². The van der Waals surface area contributed by atoms with Crippen LogP contribution in [0.3, 0.4) is 0 Å². The maximum absolute atomic E-state index is 12.3. The fraction of sp³-hybridized carbons (Fsp3) is 0.167. The number of amides is 1. The Kier molecular flexibility index (Phi) is 7.11. The molecule has 0 aliphatic carbocycles. The van der Waals surface area contributed by atoms with Crippen LogP contribution in [0.4, 0.5) is 0 Å². The Bertz CT molecular complexity index is 986. The second kappa shape index (κ2) is 10.4. The zero-order chi connectivity index (χ0) is 20.6. The average molecular weight is 435 g/mol. The minimum absolute atomic E-state index is 0.226. The number of hydrazone groups is 1. The summed E-state index contributed by atoms with van der Waals surface area (Å²) in [4.78, 5) is 13.5. The van der Waals surface area contributed by atoms with Gasteiger partial charge in [-0.3, -0.25) is 4.79 Å². The molecule has 1 fully saturated rings. The van der Waals surface area contributed by atoms with Crippen molar-refractivity contribution in [3.05, 3.63) is 95.6 Å². The number of hydrogen-bond donors (Lipinski definition) is 1. The van der Waals surface area contributed by atoms with E-state index in [0.717, 1.165) is 28.6 Å². The maximum atomic E-state index is 12.3. The second-order valence-electron chi connectivity index (χ2n) is 6.84. The highest BCUT2D eigenvalue weighted by Gasteiger charge is 2.19. The van der Waals surface area contributed by atoms with Crippen molar-refractivity contribution in [1.82, 2.24) is 5.43 Å². The fourth-order valence-electron chi connectivity index (χ4n) is 2.77. The van der Waals surface area contributed by atoms with E-state index in [4.69, 9.17) is 4.74 Å². The van der Waals surface area contributed by atoms with Gasteiger partial charge in [0, 0.05) is 27.7 Å². The zero-order valence-electron chi connectivity index (χ0n) is 16.4. The number of carbonyl (C=O) groups is 1. The smallest absolute Gasteiger partial charge is 0.271 e. The highest BCUT2D eigenvalue weighted by Crippen LogP contribution is 2.24. The van der Waals surface area contributed by atoms with Crippen molar-refractivity contribution in [3.63, 3.8) is 0 Å². The molecule has 4 nitrogen and oxygen atoms in total. The first kappa shape index (κ1) is 20.6. The van der Waals surface area contributed by atoms with E-state index in [9.17, 15) is 4.79 Å². The molecule has 1 amide bonds. The average Bonchev–Trinajstić information content (AvgIpc) is 2.77. The predicted octanol–water partition coefficient (Wildman–Crippen LogP) is 5.24. The maximum Gasteiger partial charge on any atom is 0.271 e. The normalized spacial score (nSPS) is 13.7. The SMILES string of the molecule is O=C(N/N=C\c1ccc(OC2CSC2)cc1)c1ccc(CSc2ccccc2)cc1. The predicted molar refractivity (Wildman–Crippen MR) is 126 cm³/mol. The number of rotatable bonds is 8. The first-order valence-corrected chi connectivity index (χ1v) is 11.8. The van der Waals surface area contributed by atoms with Crippen LogP contribution in [0.15, 0.2) is 88.9 Å². The van der Waals surface area contributed by atoms with Gasteiger partial charge in [0.05, 0.1) is 6.21 Å². The first-order chi connectivity index (χ1) is 14.8. The van der Waals surface area contributed by atoms with Gasteiger partial charge < -0.3 is 4.74 Å². The van der Waals surface area contributed by atoms with Crippen LogP contribution < -0.4 is 10.2 Å². The summed E-state index contributed by atoms with van der Waals surface area (Å²) in [6.07, 6.45) is 1.96. The molecule has 4 rings (SSSR count). The van der Waals surface area contributed by atoms with Gasteiger partial charge in [0.25, 0.3) is 5.91 Å². The van der Waals surface area contributed by atoms with Crippen molar-refractivity contribution in [2.75, 3.05) is 11.5 Å². The lowest BCUT2D eigenvalue weighted by atomic mass is 10.1. The van der Waals surface area contributed by atoms with Crippen LogP contribution in [-0.4, -0.2) is 29.7 Å². The standard InChI is InChI=1S/C24H22N2O2S2/c27-24(20-10-6-19(7-11-20)15-30-23-4-2-1-3-5-23)26-25-14-18-8-12-21(13-9-18)28-22-16-29-17-22/h1-14,22H,15-17H2,(H,26,27)/b25-14-. The molecule has 3 aromatic carbocycles. The topological polar surface area (TPSA) is 50.7 Å². The van der Waals surface area contributed by atoms with Crippen LogP contribution in [0, 0.1) is 0 Å². The van der Waals surface area contributed by atoms with Crippen LogP contribution in [-0.2, 0) is 5.75 Å². The van der Waals surface area contributed by atoms with Gasteiger partial charge in [0.1, 0.15) is 11.9 Å². The van der Waals surface area contributed by atoms with E-state index in [0.29, 0.717) is 11.7 Å². The van der Waals surface area contributed by atoms with E-state index in [1.807, 2.05) is 78.5 Å². The summed E-state index contributed by atoms with van der Waals surface area (Å²) in [5.41, 5.74) is 5.24. The van der Waals surface area contributed by atoms with Gasteiger partial charge in [-0.15, -0.1) is 11.8 Å². The van der Waals surface area contributed by atoms with E-state index in [1.54, 1.807) is 18.0 Å². The lowest BCUT2D eigenvalue weighted by molar-refractivity contribution is 0.0955. The third-order valence-corrected chi connectivity index (χ3v) is 6.83. The third-order valence-electron chi connectivity index (χ3n) is 4.53.